The van der Waals surface area contributed by atoms with Gasteiger partial charge in [0.1, 0.15) is 41.9 Å². The second-order valence-electron chi connectivity index (χ2n) is 10.2. The number of Topliss-reactive ketones (excluding diaryl/α,β-unsaturated/α-hetero) is 1. The number of ketones is 1. The van der Waals surface area contributed by atoms with Crippen molar-refractivity contribution >= 4 is 68.5 Å². The number of nitrogens with one attached hydrogen (secondary N) is 1. The van der Waals surface area contributed by atoms with Gasteiger partial charge in [-0.15, -0.1) is 23.1 Å². The molecule has 0 spiro atoms. The number of nitrogen functional groups attached to an aromatic ring is 2. The van der Waals surface area contributed by atoms with Gasteiger partial charge in [-0.1, -0.05) is 5.16 Å². The third-order valence-corrected chi connectivity index (χ3v) is 9.51. The van der Waals surface area contributed by atoms with E-state index in [1.165, 1.54) is 30.0 Å². The molecule has 6 heterocycles. The van der Waals surface area contributed by atoms with Crippen LogP contribution in [0.5, 0.6) is 0 Å². The number of nitrogens with two attached hydrogens (primary N) is 2. The minimum absolute atomic E-state index is 0.0371. The number of furan rings is 1. The highest BCUT2D eigenvalue weighted by Gasteiger charge is 2.54. The number of thioether (sulfide) groups is 1. The van der Waals surface area contributed by atoms with Gasteiger partial charge in [0.05, 0.1) is 23.4 Å². The largest absolute Gasteiger partial charge is 0.477 e. The molecule has 16 heteroatoms. The number of carboxylic acid groups (broad SMARTS) is 1. The molecule has 226 valence electrons. The summed E-state index contributed by atoms with van der Waals surface area (Å²) in [5.41, 5.74) is 14.3. The standard InChI is InChI=1S/C28H26N8O6S2/c1-41-33-22(18-13-44-28(31)32-18)21(37)8-17-25(38)36-23(27(39)40)15(12-43-26(17)36)9-34-5-2-3-19-20(34)4-6-35(19)10-16-7-14(11-42-16)24(29)30/h2-7,11,13,17,26H,8-10,12H2,1H3,(H5-,29,30,31,32,39,40)/p+1/b33-22-/t17-,26-/m1/s1. The third-order valence-electron chi connectivity index (χ3n) is 7.44. The van der Waals surface area contributed by atoms with Crippen LogP contribution in [0.4, 0.5) is 5.13 Å². The van der Waals surface area contributed by atoms with Crippen molar-refractivity contribution in [3.05, 3.63) is 76.6 Å². The van der Waals surface area contributed by atoms with Gasteiger partial charge in [0.2, 0.25) is 11.4 Å². The van der Waals surface area contributed by atoms with Crippen molar-refractivity contribution in [3.8, 4) is 0 Å². The van der Waals surface area contributed by atoms with E-state index >= 15 is 0 Å². The average Bonchev–Trinajstić information content (AvgIpc) is 3.75. The second kappa shape index (κ2) is 11.6. The Bertz CT molecular complexity index is 1890. The van der Waals surface area contributed by atoms with Crippen molar-refractivity contribution in [2.75, 3.05) is 18.6 Å². The van der Waals surface area contributed by atoms with E-state index in [1.54, 1.807) is 11.4 Å². The molecule has 44 heavy (non-hydrogen) atoms. The third kappa shape index (κ3) is 5.22. The lowest BCUT2D eigenvalue weighted by Crippen LogP contribution is -2.62. The molecular weight excluding hydrogens is 608 g/mol. The fraction of sp³-hybridized carbons (Fsp3) is 0.250. The fourth-order valence-corrected chi connectivity index (χ4v) is 7.38. The van der Waals surface area contributed by atoms with E-state index in [9.17, 15) is 19.5 Å². The summed E-state index contributed by atoms with van der Waals surface area (Å²) in [5.74, 6) is -1.86. The van der Waals surface area contributed by atoms with Crippen molar-refractivity contribution in [1.29, 1.82) is 5.41 Å². The normalized spacial score (nSPS) is 18.3. The molecule has 6 rings (SSSR count). The first kappa shape index (κ1) is 29.1. The van der Waals surface area contributed by atoms with Crippen LogP contribution in [-0.4, -0.2) is 67.0 Å². The maximum atomic E-state index is 13.3. The molecule has 14 nitrogen and oxygen atoms in total. The Balaban J connectivity index is 1.22. The fourth-order valence-electron chi connectivity index (χ4n) is 5.43. The lowest BCUT2D eigenvalue weighted by Gasteiger charge is -2.49. The van der Waals surface area contributed by atoms with Gasteiger partial charge in [0.25, 0.3) is 0 Å². The van der Waals surface area contributed by atoms with Gasteiger partial charge >= 0.3 is 5.97 Å². The van der Waals surface area contributed by atoms with Gasteiger partial charge < -0.3 is 30.4 Å². The molecule has 6 N–H and O–H groups in total. The summed E-state index contributed by atoms with van der Waals surface area (Å²) < 4.78 is 9.47. The summed E-state index contributed by atoms with van der Waals surface area (Å²) in [6.07, 6.45) is 5.03. The Morgan fingerprint density at radius 3 is 2.86 bits per heavy atom. The number of aliphatic carboxylic acids is 1. The highest BCUT2D eigenvalue weighted by atomic mass is 32.2. The molecule has 0 aromatic carbocycles. The first-order valence-corrected chi connectivity index (χ1v) is 15.2. The molecule has 2 atom stereocenters. The molecule has 0 radical (unpaired) electrons. The summed E-state index contributed by atoms with van der Waals surface area (Å²) in [7, 11) is 1.30. The van der Waals surface area contributed by atoms with E-state index in [1.807, 2.05) is 39.7 Å². The Labute approximate surface area is 258 Å². The van der Waals surface area contributed by atoms with Gasteiger partial charge in [0.15, 0.2) is 29.4 Å². The summed E-state index contributed by atoms with van der Waals surface area (Å²) in [4.78, 5) is 49.2. The predicted molar refractivity (Wildman–Crippen MR) is 162 cm³/mol. The van der Waals surface area contributed by atoms with Crippen LogP contribution in [0.25, 0.3) is 11.0 Å². The maximum absolute atomic E-state index is 13.3. The number of rotatable bonds is 11. The van der Waals surface area contributed by atoms with E-state index in [4.69, 9.17) is 26.1 Å². The zero-order valence-electron chi connectivity index (χ0n) is 23.3. The number of carbonyl (C=O) groups is 3. The molecule has 4 aromatic heterocycles. The SMILES string of the molecule is CO/N=C(\C(=O)C[C@@H]1C(=O)N2C(C(=O)O)=C(C[n+]3cccc4c3ccn4Cc3cc(C(=N)N)co3)CS[C@H]12)c1csc(N)n1. The topological polar surface area (TPSA) is 207 Å². The number of amidine groups is 1. The summed E-state index contributed by atoms with van der Waals surface area (Å²) >= 11 is 2.58. The zero-order chi connectivity index (χ0) is 31.1. The number of hydrogen-bond donors (Lipinski definition) is 4. The predicted octanol–water partition coefficient (Wildman–Crippen LogP) is 1.77. The lowest BCUT2D eigenvalue weighted by molar-refractivity contribution is -0.663. The molecule has 2 aliphatic heterocycles. The minimum atomic E-state index is -1.20. The number of nitrogens with zero attached hydrogens (tertiary/aromatic N) is 5. The Morgan fingerprint density at radius 1 is 1.36 bits per heavy atom. The van der Waals surface area contributed by atoms with Crippen molar-refractivity contribution in [3.63, 3.8) is 0 Å². The quantitative estimate of drug-likeness (QED) is 0.0617. The second-order valence-corrected chi connectivity index (χ2v) is 12.2. The molecule has 0 aliphatic carbocycles. The molecular formula is C28H27N8O6S2+. The van der Waals surface area contributed by atoms with Gasteiger partial charge in [-0.05, 0) is 12.1 Å². The monoisotopic (exact) mass is 635 g/mol. The number of pyridine rings is 1. The number of aromatic nitrogens is 3. The van der Waals surface area contributed by atoms with Crippen LogP contribution in [0.3, 0.4) is 0 Å². The molecule has 4 aromatic rings. The molecule has 0 unspecified atom stereocenters. The Hall–Kier alpha value is -4.96. The minimum Gasteiger partial charge on any atom is -0.477 e. The van der Waals surface area contributed by atoms with Crippen molar-refractivity contribution in [1.82, 2.24) is 14.5 Å². The lowest BCUT2D eigenvalue weighted by atomic mass is 9.89. The number of β-lactam (4-membered cyclic amide) rings is 1. The molecule has 1 fully saturated rings. The highest BCUT2D eigenvalue weighted by molar-refractivity contribution is 8.00. The number of carboxylic acids is 1. The van der Waals surface area contributed by atoms with E-state index in [0.717, 1.165) is 22.4 Å². The smallest absolute Gasteiger partial charge is 0.352 e. The first-order valence-electron chi connectivity index (χ1n) is 13.3. The van der Waals surface area contributed by atoms with Crippen molar-refractivity contribution in [2.45, 2.75) is 24.9 Å². The number of amides is 1. The highest BCUT2D eigenvalue weighted by Crippen LogP contribution is 2.45. The summed E-state index contributed by atoms with van der Waals surface area (Å²) in [6.45, 7) is 0.664. The van der Waals surface area contributed by atoms with Crippen LogP contribution < -0.4 is 16.0 Å². The average molecular weight is 636 g/mol. The number of oxime groups is 1. The van der Waals surface area contributed by atoms with Gasteiger partial charge in [-0.25, -0.2) is 9.78 Å². The summed E-state index contributed by atoms with van der Waals surface area (Å²) in [6, 6.07) is 7.46. The molecule has 0 saturated carbocycles. The van der Waals surface area contributed by atoms with Crippen LogP contribution in [0.2, 0.25) is 0 Å². The van der Waals surface area contributed by atoms with Crippen LogP contribution in [0.1, 0.15) is 23.4 Å². The molecule has 1 amide bonds. The van der Waals surface area contributed by atoms with Crippen LogP contribution >= 0.6 is 23.1 Å². The zero-order valence-corrected chi connectivity index (χ0v) is 24.9. The number of fused-ring (bicyclic) bond motifs is 2. The van der Waals surface area contributed by atoms with Gasteiger partial charge in [-0.3, -0.25) is 19.9 Å². The summed E-state index contributed by atoms with van der Waals surface area (Å²) in [5, 5.41) is 22.9. The Kier molecular flexibility index (Phi) is 7.69. The molecule has 0 bridgehead atoms. The van der Waals surface area contributed by atoms with Crippen LogP contribution in [0, 0.1) is 11.3 Å². The maximum Gasteiger partial charge on any atom is 0.352 e. The van der Waals surface area contributed by atoms with E-state index in [2.05, 4.69) is 10.1 Å². The van der Waals surface area contributed by atoms with Crippen molar-refractivity contribution in [2.24, 2.45) is 16.8 Å². The van der Waals surface area contributed by atoms with Crippen LogP contribution in [0.15, 0.2) is 69.1 Å². The van der Waals surface area contributed by atoms with E-state index in [-0.39, 0.29) is 41.0 Å². The number of hydrogen-bond acceptors (Lipinski definition) is 11. The Morgan fingerprint density at radius 2 is 2.18 bits per heavy atom. The van der Waals surface area contributed by atoms with E-state index in [0.29, 0.717) is 29.2 Å². The number of thiazole rings is 1. The van der Waals surface area contributed by atoms with E-state index < -0.39 is 29.0 Å². The number of anilines is 1. The first-order chi connectivity index (χ1) is 21.2. The van der Waals surface area contributed by atoms with Gasteiger partial charge in [0, 0.05) is 41.5 Å². The van der Waals surface area contributed by atoms with Crippen molar-refractivity contribution < 1.29 is 33.3 Å². The molecule has 1 saturated heterocycles. The molecule has 2 aliphatic rings. The number of carbonyl (C=O) groups excluding carboxylic acids is 2. The van der Waals surface area contributed by atoms with Crippen LogP contribution in [-0.2, 0) is 32.3 Å². The van der Waals surface area contributed by atoms with Gasteiger partial charge in [-0.2, -0.15) is 4.57 Å².